The molecule has 0 atom stereocenters. The van der Waals surface area contributed by atoms with Crippen LogP contribution in [0.4, 0.5) is 0 Å². The van der Waals surface area contributed by atoms with E-state index in [0.717, 1.165) is 39.0 Å². The fourth-order valence-corrected chi connectivity index (χ4v) is 1.92. The van der Waals surface area contributed by atoms with Gasteiger partial charge in [0, 0.05) is 13.1 Å². The number of nitrogens with one attached hydrogen (secondary N) is 1. The average molecular weight is 181 g/mol. The van der Waals surface area contributed by atoms with Crippen molar-refractivity contribution in [2.45, 2.75) is 32.2 Å². The van der Waals surface area contributed by atoms with Gasteiger partial charge in [0.15, 0.2) is 0 Å². The first-order chi connectivity index (χ1) is 6.26. The van der Waals surface area contributed by atoms with E-state index in [9.17, 15) is 0 Å². The van der Waals surface area contributed by atoms with Crippen LogP contribution in [0.15, 0.2) is 0 Å². The molecule has 0 amide bonds. The molecule has 0 aromatic rings. The summed E-state index contributed by atoms with van der Waals surface area (Å²) < 4.78 is 0. The summed E-state index contributed by atoms with van der Waals surface area (Å²) in [6, 6.07) is 2.43. The number of hydrogen-bond acceptors (Lipinski definition) is 3. The lowest BCUT2D eigenvalue weighted by atomic mass is 9.89. The van der Waals surface area contributed by atoms with Crippen molar-refractivity contribution >= 4 is 0 Å². The summed E-state index contributed by atoms with van der Waals surface area (Å²) in [5.41, 5.74) is -0.236. The predicted octanol–water partition coefficient (Wildman–Crippen LogP) is 0.974. The van der Waals surface area contributed by atoms with Gasteiger partial charge < -0.3 is 4.90 Å². The van der Waals surface area contributed by atoms with Crippen LogP contribution in [-0.2, 0) is 0 Å². The minimum atomic E-state index is -0.236. The van der Waals surface area contributed by atoms with Gasteiger partial charge >= 0.3 is 0 Å². The summed E-state index contributed by atoms with van der Waals surface area (Å²) >= 11 is 0. The van der Waals surface area contributed by atoms with Crippen LogP contribution in [0.5, 0.6) is 0 Å². The van der Waals surface area contributed by atoms with Gasteiger partial charge in [0.05, 0.1) is 6.07 Å². The zero-order valence-corrected chi connectivity index (χ0v) is 8.64. The number of hydrogen-bond donors (Lipinski definition) is 1. The van der Waals surface area contributed by atoms with E-state index in [1.165, 1.54) is 0 Å². The molecular weight excluding hydrogens is 162 g/mol. The zero-order valence-electron chi connectivity index (χ0n) is 8.64. The monoisotopic (exact) mass is 181 g/mol. The Bertz CT molecular complexity index is 187. The fourth-order valence-electron chi connectivity index (χ4n) is 1.92. The van der Waals surface area contributed by atoms with E-state index in [1.54, 1.807) is 0 Å². The molecule has 13 heavy (non-hydrogen) atoms. The molecule has 1 fully saturated rings. The molecule has 0 unspecified atom stereocenters. The lowest BCUT2D eigenvalue weighted by Gasteiger charge is -2.37. The summed E-state index contributed by atoms with van der Waals surface area (Å²) in [6.45, 7) is 8.33. The molecule has 0 saturated carbocycles. The molecule has 3 heteroatoms. The molecule has 0 radical (unpaired) electrons. The Morgan fingerprint density at radius 3 is 2.38 bits per heavy atom. The van der Waals surface area contributed by atoms with E-state index in [2.05, 4.69) is 30.1 Å². The molecule has 0 bridgehead atoms. The van der Waals surface area contributed by atoms with Crippen LogP contribution in [-0.4, -0.2) is 36.6 Å². The van der Waals surface area contributed by atoms with Crippen LogP contribution in [0, 0.1) is 11.3 Å². The van der Waals surface area contributed by atoms with Crippen molar-refractivity contribution in [1.29, 1.82) is 5.26 Å². The van der Waals surface area contributed by atoms with Gasteiger partial charge in [-0.3, -0.25) is 5.32 Å². The van der Waals surface area contributed by atoms with Gasteiger partial charge in [-0.15, -0.1) is 0 Å². The zero-order chi connectivity index (χ0) is 9.73. The molecule has 3 nitrogen and oxygen atoms in total. The van der Waals surface area contributed by atoms with Crippen LogP contribution in [0.3, 0.4) is 0 Å². The molecular formula is C10H19N3. The van der Waals surface area contributed by atoms with Gasteiger partial charge in [-0.05, 0) is 25.9 Å². The highest BCUT2D eigenvalue weighted by Gasteiger charge is 2.32. The third-order valence-electron chi connectivity index (χ3n) is 2.89. The molecule has 0 aliphatic carbocycles. The summed E-state index contributed by atoms with van der Waals surface area (Å²) in [4.78, 5) is 2.40. The van der Waals surface area contributed by atoms with Crippen LogP contribution in [0.2, 0.25) is 0 Å². The molecule has 1 rings (SSSR count). The van der Waals surface area contributed by atoms with Gasteiger partial charge in [-0.25, -0.2) is 0 Å². The maximum absolute atomic E-state index is 9.10. The molecule has 1 aliphatic heterocycles. The summed E-state index contributed by atoms with van der Waals surface area (Å²) in [5, 5.41) is 12.4. The van der Waals surface area contributed by atoms with Crippen molar-refractivity contribution < 1.29 is 0 Å². The third kappa shape index (κ3) is 2.43. The highest BCUT2D eigenvalue weighted by molar-refractivity contribution is 5.09. The minimum absolute atomic E-state index is 0.236. The van der Waals surface area contributed by atoms with Gasteiger partial charge in [-0.2, -0.15) is 5.26 Å². The Labute approximate surface area is 80.7 Å². The van der Waals surface area contributed by atoms with E-state index in [0.29, 0.717) is 0 Å². The van der Waals surface area contributed by atoms with E-state index in [4.69, 9.17) is 5.26 Å². The van der Waals surface area contributed by atoms with Crippen molar-refractivity contribution in [2.75, 3.05) is 26.2 Å². The predicted molar refractivity (Wildman–Crippen MR) is 53.4 cm³/mol. The first-order valence-electron chi connectivity index (χ1n) is 5.15. The van der Waals surface area contributed by atoms with Crippen molar-refractivity contribution in [2.24, 2.45) is 0 Å². The lowest BCUT2D eigenvalue weighted by molar-refractivity contribution is 0.175. The van der Waals surface area contributed by atoms with Crippen molar-refractivity contribution in [3.63, 3.8) is 0 Å². The first kappa shape index (κ1) is 10.5. The van der Waals surface area contributed by atoms with Gasteiger partial charge in [0.1, 0.15) is 5.54 Å². The highest BCUT2D eigenvalue weighted by Crippen LogP contribution is 2.20. The van der Waals surface area contributed by atoms with E-state index in [1.807, 2.05) is 0 Å². The van der Waals surface area contributed by atoms with Crippen LogP contribution in [0.1, 0.15) is 26.7 Å². The number of rotatable bonds is 3. The Morgan fingerprint density at radius 2 is 2.00 bits per heavy atom. The largest absolute Gasteiger partial charge is 0.303 e. The SMILES string of the molecule is CCNC1(C#N)CCN(CC)CC1. The van der Waals surface area contributed by atoms with Crippen molar-refractivity contribution in [3.05, 3.63) is 0 Å². The highest BCUT2D eigenvalue weighted by atomic mass is 15.1. The molecule has 1 N–H and O–H groups in total. The van der Waals surface area contributed by atoms with Crippen molar-refractivity contribution in [3.8, 4) is 6.07 Å². The second kappa shape index (κ2) is 4.59. The van der Waals surface area contributed by atoms with E-state index >= 15 is 0 Å². The summed E-state index contributed by atoms with van der Waals surface area (Å²) in [7, 11) is 0. The molecule has 74 valence electrons. The first-order valence-corrected chi connectivity index (χ1v) is 5.15. The quantitative estimate of drug-likeness (QED) is 0.705. The number of likely N-dealkylation sites (tertiary alicyclic amines) is 1. The molecule has 1 aliphatic rings. The molecule has 0 aromatic heterocycles. The topological polar surface area (TPSA) is 39.1 Å². The Hall–Kier alpha value is -0.590. The average Bonchev–Trinajstić information content (AvgIpc) is 2.19. The maximum atomic E-state index is 9.10. The Morgan fingerprint density at radius 1 is 1.38 bits per heavy atom. The standard InChI is InChI=1S/C10H19N3/c1-3-12-10(9-11)5-7-13(4-2)8-6-10/h12H,3-8H2,1-2H3. The second-order valence-corrected chi connectivity index (χ2v) is 3.66. The van der Waals surface area contributed by atoms with Gasteiger partial charge in [-0.1, -0.05) is 13.8 Å². The van der Waals surface area contributed by atoms with E-state index < -0.39 is 0 Å². The van der Waals surface area contributed by atoms with Gasteiger partial charge in [0.2, 0.25) is 0 Å². The second-order valence-electron chi connectivity index (χ2n) is 3.66. The number of nitrogens with zero attached hydrogens (tertiary/aromatic N) is 2. The summed E-state index contributed by atoms with van der Waals surface area (Å²) in [5.74, 6) is 0. The van der Waals surface area contributed by atoms with Crippen molar-refractivity contribution in [1.82, 2.24) is 10.2 Å². The molecule has 1 saturated heterocycles. The minimum Gasteiger partial charge on any atom is -0.303 e. The Balaban J connectivity index is 2.49. The Kier molecular flexibility index (Phi) is 3.71. The third-order valence-corrected chi connectivity index (χ3v) is 2.89. The fraction of sp³-hybridized carbons (Fsp3) is 0.900. The van der Waals surface area contributed by atoms with Crippen LogP contribution in [0.25, 0.3) is 0 Å². The summed E-state index contributed by atoms with van der Waals surface area (Å²) in [6.07, 6.45) is 1.93. The molecule has 0 aromatic carbocycles. The maximum Gasteiger partial charge on any atom is 0.109 e. The van der Waals surface area contributed by atoms with E-state index in [-0.39, 0.29) is 5.54 Å². The van der Waals surface area contributed by atoms with Crippen LogP contribution >= 0.6 is 0 Å². The lowest BCUT2D eigenvalue weighted by Crippen LogP contribution is -2.52. The molecule has 0 spiro atoms. The number of piperidine rings is 1. The number of nitriles is 1. The van der Waals surface area contributed by atoms with Gasteiger partial charge in [0.25, 0.3) is 0 Å². The smallest absolute Gasteiger partial charge is 0.109 e. The molecule has 1 heterocycles. The normalized spacial score (nSPS) is 22.5. The van der Waals surface area contributed by atoms with Crippen LogP contribution < -0.4 is 5.32 Å².